The first-order chi connectivity index (χ1) is 12.9. The van der Waals surface area contributed by atoms with Gasteiger partial charge in [0.2, 0.25) is 0 Å². The zero-order valence-electron chi connectivity index (χ0n) is 13.6. The number of halogens is 3. The fourth-order valence-corrected chi connectivity index (χ4v) is 4.06. The lowest BCUT2D eigenvalue weighted by Gasteiger charge is -2.12. The van der Waals surface area contributed by atoms with Crippen molar-refractivity contribution < 1.29 is 13.9 Å². The second kappa shape index (κ2) is 6.48. The van der Waals surface area contributed by atoms with E-state index in [2.05, 4.69) is 53.1 Å². The lowest BCUT2D eigenvalue weighted by Crippen LogP contribution is -1.98. The predicted molar refractivity (Wildman–Crippen MR) is 104 cm³/mol. The standard InChI is InChI=1S/C18H9Br2FN4O2/c1-7-12-13(11-3-2-4-27-11)9(6-22)16(23-18(12)25-24-7)8-5-10(19)17(26)14(20)15(8)21/h2-5,26H,1H3,(H,23,24,25). The molecule has 0 spiro atoms. The molecule has 6 nitrogen and oxygen atoms in total. The molecule has 0 aliphatic carbocycles. The molecule has 0 saturated carbocycles. The highest BCUT2D eigenvalue weighted by atomic mass is 79.9. The number of rotatable bonds is 2. The monoisotopic (exact) mass is 490 g/mol. The average molecular weight is 492 g/mol. The van der Waals surface area contributed by atoms with Crippen molar-refractivity contribution in [3.8, 4) is 34.4 Å². The number of aromatic hydroxyl groups is 1. The predicted octanol–water partition coefficient (Wildman–Crippen LogP) is 5.43. The van der Waals surface area contributed by atoms with Crippen LogP contribution in [0.4, 0.5) is 4.39 Å². The number of furan rings is 1. The molecule has 0 bridgehead atoms. The van der Waals surface area contributed by atoms with Crippen LogP contribution in [0.3, 0.4) is 0 Å². The van der Waals surface area contributed by atoms with Crippen molar-refractivity contribution in [2.45, 2.75) is 6.92 Å². The number of aryl methyl sites for hydroxylation is 1. The van der Waals surface area contributed by atoms with Crippen molar-refractivity contribution >= 4 is 42.9 Å². The minimum Gasteiger partial charge on any atom is -0.505 e. The highest BCUT2D eigenvalue weighted by molar-refractivity contribution is 9.11. The summed E-state index contributed by atoms with van der Waals surface area (Å²) in [5.74, 6) is -0.567. The summed E-state index contributed by atoms with van der Waals surface area (Å²) in [6, 6.07) is 6.91. The van der Waals surface area contributed by atoms with E-state index in [0.717, 1.165) is 0 Å². The average Bonchev–Trinajstić information content (AvgIpc) is 3.32. The summed E-state index contributed by atoms with van der Waals surface area (Å²) in [4.78, 5) is 4.43. The maximum Gasteiger partial charge on any atom is 0.156 e. The van der Waals surface area contributed by atoms with Crippen LogP contribution in [0.25, 0.3) is 33.6 Å². The molecule has 0 fully saturated rings. The lowest BCUT2D eigenvalue weighted by molar-refractivity contribution is 0.461. The van der Waals surface area contributed by atoms with Crippen LogP contribution < -0.4 is 0 Å². The Kier molecular flexibility index (Phi) is 4.25. The first-order valence-corrected chi connectivity index (χ1v) is 9.22. The Hall–Kier alpha value is -2.70. The number of nitrogens with zero attached hydrogens (tertiary/aromatic N) is 3. The van der Waals surface area contributed by atoms with Gasteiger partial charge in [-0.25, -0.2) is 9.37 Å². The third-order valence-corrected chi connectivity index (χ3v) is 5.49. The summed E-state index contributed by atoms with van der Waals surface area (Å²) in [7, 11) is 0. The van der Waals surface area contributed by atoms with Crippen LogP contribution in [0.15, 0.2) is 37.8 Å². The van der Waals surface area contributed by atoms with E-state index in [1.165, 1.54) is 12.3 Å². The maximum atomic E-state index is 14.9. The van der Waals surface area contributed by atoms with E-state index in [-0.39, 0.29) is 31.5 Å². The van der Waals surface area contributed by atoms with Crippen molar-refractivity contribution in [3.63, 3.8) is 0 Å². The molecule has 3 heterocycles. The SMILES string of the molecule is Cc1n[nH]c2nc(-c3cc(Br)c(O)c(Br)c3F)c(C#N)c(-c3ccco3)c12. The van der Waals surface area contributed by atoms with Gasteiger partial charge in [-0.1, -0.05) is 0 Å². The van der Waals surface area contributed by atoms with Crippen molar-refractivity contribution in [1.29, 1.82) is 5.26 Å². The van der Waals surface area contributed by atoms with Crippen molar-refractivity contribution in [2.75, 3.05) is 0 Å². The number of fused-ring (bicyclic) bond motifs is 1. The van der Waals surface area contributed by atoms with Crippen LogP contribution in [0.1, 0.15) is 11.3 Å². The van der Waals surface area contributed by atoms with Crippen LogP contribution in [0.2, 0.25) is 0 Å². The molecule has 9 heteroatoms. The number of hydrogen-bond acceptors (Lipinski definition) is 5. The minimum absolute atomic E-state index is 0.0464. The molecule has 3 aromatic heterocycles. The molecule has 1 aromatic carbocycles. The van der Waals surface area contributed by atoms with E-state index in [9.17, 15) is 14.8 Å². The number of hydrogen-bond donors (Lipinski definition) is 2. The highest BCUT2D eigenvalue weighted by Gasteiger charge is 2.26. The number of benzene rings is 1. The molecule has 4 rings (SSSR count). The number of nitrogens with one attached hydrogen (secondary N) is 1. The molecule has 4 aromatic rings. The van der Waals surface area contributed by atoms with E-state index in [4.69, 9.17) is 4.42 Å². The molecule has 0 aliphatic heterocycles. The summed E-state index contributed by atoms with van der Waals surface area (Å²) in [5, 5.41) is 27.4. The number of aromatic amines is 1. The van der Waals surface area contributed by atoms with Gasteiger partial charge in [-0.15, -0.1) is 0 Å². The molecular weight excluding hydrogens is 483 g/mol. The minimum atomic E-state index is -0.735. The van der Waals surface area contributed by atoms with Crippen molar-refractivity contribution in [1.82, 2.24) is 15.2 Å². The van der Waals surface area contributed by atoms with Gasteiger partial charge in [-0.2, -0.15) is 10.4 Å². The number of pyridine rings is 1. The van der Waals surface area contributed by atoms with Crippen molar-refractivity contribution in [2.24, 2.45) is 0 Å². The van der Waals surface area contributed by atoms with Crippen LogP contribution in [0, 0.1) is 24.1 Å². The van der Waals surface area contributed by atoms with Gasteiger partial charge in [0.25, 0.3) is 0 Å². The Balaban J connectivity index is 2.18. The third-order valence-electron chi connectivity index (χ3n) is 4.16. The van der Waals surface area contributed by atoms with E-state index >= 15 is 0 Å². The zero-order chi connectivity index (χ0) is 19.3. The van der Waals surface area contributed by atoms with Gasteiger partial charge >= 0.3 is 0 Å². The fraction of sp³-hybridized carbons (Fsp3) is 0.0556. The molecule has 0 unspecified atom stereocenters. The normalized spacial score (nSPS) is 11.1. The quantitative estimate of drug-likeness (QED) is 0.364. The maximum absolute atomic E-state index is 14.9. The van der Waals surface area contributed by atoms with E-state index < -0.39 is 5.82 Å². The second-order valence-electron chi connectivity index (χ2n) is 5.71. The Morgan fingerprint density at radius 1 is 1.37 bits per heavy atom. The van der Waals surface area contributed by atoms with E-state index in [0.29, 0.717) is 28.1 Å². The molecule has 0 saturated heterocycles. The topological polar surface area (TPSA) is 98.7 Å². The van der Waals surface area contributed by atoms with Gasteiger partial charge < -0.3 is 9.52 Å². The fourth-order valence-electron chi connectivity index (χ4n) is 2.94. The van der Waals surface area contributed by atoms with Gasteiger partial charge in [-0.05, 0) is 57.0 Å². The van der Waals surface area contributed by atoms with Gasteiger partial charge in [-0.3, -0.25) is 5.10 Å². The molecule has 0 radical (unpaired) electrons. The van der Waals surface area contributed by atoms with Gasteiger partial charge in [0.05, 0.1) is 43.1 Å². The summed E-state index contributed by atoms with van der Waals surface area (Å²) >= 11 is 6.22. The summed E-state index contributed by atoms with van der Waals surface area (Å²) in [6.45, 7) is 1.78. The molecule has 0 amide bonds. The van der Waals surface area contributed by atoms with Gasteiger partial charge in [0, 0.05) is 5.56 Å². The summed E-state index contributed by atoms with van der Waals surface area (Å²) in [5.41, 5.74) is 1.82. The van der Waals surface area contributed by atoms with Crippen LogP contribution in [-0.4, -0.2) is 20.3 Å². The number of H-pyrrole nitrogens is 1. The molecule has 134 valence electrons. The Morgan fingerprint density at radius 2 is 2.15 bits per heavy atom. The summed E-state index contributed by atoms with van der Waals surface area (Å²) < 4.78 is 20.5. The Morgan fingerprint density at radius 3 is 2.81 bits per heavy atom. The largest absolute Gasteiger partial charge is 0.505 e. The van der Waals surface area contributed by atoms with Gasteiger partial charge in [0.15, 0.2) is 11.5 Å². The number of aromatic nitrogens is 3. The third kappa shape index (κ3) is 2.64. The van der Waals surface area contributed by atoms with Crippen LogP contribution in [0.5, 0.6) is 5.75 Å². The Bertz CT molecular complexity index is 1240. The molecular formula is C18H9Br2FN4O2. The molecule has 0 aliphatic rings. The zero-order valence-corrected chi connectivity index (χ0v) is 16.8. The highest BCUT2D eigenvalue weighted by Crippen LogP contribution is 2.43. The summed E-state index contributed by atoms with van der Waals surface area (Å²) in [6.07, 6.45) is 1.49. The first-order valence-electron chi connectivity index (χ1n) is 7.63. The van der Waals surface area contributed by atoms with E-state index in [1.807, 2.05) is 0 Å². The molecule has 2 N–H and O–H groups in total. The molecule has 0 atom stereocenters. The van der Waals surface area contributed by atoms with Crippen molar-refractivity contribution in [3.05, 3.63) is 50.5 Å². The van der Waals surface area contributed by atoms with Crippen LogP contribution in [-0.2, 0) is 0 Å². The lowest BCUT2D eigenvalue weighted by atomic mass is 9.96. The van der Waals surface area contributed by atoms with Gasteiger partial charge in [0.1, 0.15) is 17.6 Å². The number of nitriles is 1. The second-order valence-corrected chi connectivity index (χ2v) is 7.36. The number of phenolic OH excluding ortho intramolecular Hbond substituents is 1. The number of phenols is 1. The molecule has 27 heavy (non-hydrogen) atoms. The van der Waals surface area contributed by atoms with E-state index in [1.54, 1.807) is 19.1 Å². The smallest absolute Gasteiger partial charge is 0.156 e. The van der Waals surface area contributed by atoms with Crippen LogP contribution >= 0.6 is 31.9 Å². The Labute approximate surface area is 168 Å². The first kappa shape index (κ1) is 17.7.